The fraction of sp³-hybridized carbons (Fsp3) is 0.448. The van der Waals surface area contributed by atoms with Crippen molar-refractivity contribution in [3.8, 4) is 0 Å². The maximum absolute atomic E-state index is 13.3. The molecule has 0 spiro atoms. The van der Waals surface area contributed by atoms with Crippen LogP contribution in [0.1, 0.15) is 197 Å². The highest BCUT2D eigenvalue weighted by Crippen LogP contribution is 2.48. The highest BCUT2D eigenvalue weighted by atomic mass is 19.1. The molecule has 0 radical (unpaired) electrons. The number of fused-ring (bicyclic) bond motifs is 20. The van der Waals surface area contributed by atoms with Crippen molar-refractivity contribution in [2.24, 2.45) is 0 Å². The topological polar surface area (TPSA) is 217 Å². The predicted molar refractivity (Wildman–Crippen MR) is 418 cm³/mol. The number of hydrogen-bond acceptors (Lipinski definition) is 16. The first-order valence-electron chi connectivity index (χ1n) is 39.5. The summed E-state index contributed by atoms with van der Waals surface area (Å²) in [5.41, 5.74) is 24.1. The number of nitrogens with zero attached hydrogens (tertiary/aromatic N) is 16. The van der Waals surface area contributed by atoms with Crippen LogP contribution in [-0.2, 0) is 76.4 Å². The van der Waals surface area contributed by atoms with Crippen molar-refractivity contribution < 1.29 is 29.2 Å². The SMILES string of the molecule is CC(O)(Cn1c2c(c3nc(CF)ccc31)C1CCCN1CC2)c1cccnc1.Cc1ccc(C(C)(O)Cn2c3c(c4nc(C)ccc42)C2CCCN2CC3)cn1.Cc1ccc2c(n1)c1c(n2CC(O)c2ccccn2)CCN2CCCC12.OC(Cn1c2c(c3nc(CF)ccc31)C1CCCN1CC2)c1ccncc1. The van der Waals surface area contributed by atoms with Crippen LogP contribution in [0.15, 0.2) is 140 Å². The number of aryl methyl sites for hydroxylation is 3. The first kappa shape index (κ1) is 72.7. The molecule has 12 aromatic heterocycles. The Morgan fingerprint density at radius 2 is 0.835 bits per heavy atom. The van der Waals surface area contributed by atoms with E-state index in [0.29, 0.717) is 61.7 Å². The van der Waals surface area contributed by atoms with Crippen LogP contribution in [0.25, 0.3) is 44.1 Å². The highest BCUT2D eigenvalue weighted by molar-refractivity contribution is 5.86. The van der Waals surface area contributed by atoms with Gasteiger partial charge in [-0.1, -0.05) is 18.2 Å². The Labute approximate surface area is 635 Å². The molecule has 0 amide bonds. The molecule has 8 atom stereocenters. The third-order valence-corrected chi connectivity index (χ3v) is 24.8. The average Bonchev–Trinajstić information content (AvgIpc) is 1.62. The molecule has 109 heavy (non-hydrogen) atoms. The maximum atomic E-state index is 13.3. The minimum absolute atomic E-state index is 0.359. The third kappa shape index (κ3) is 13.9. The number of aromatic nitrogens is 12. The summed E-state index contributed by atoms with van der Waals surface area (Å²) in [6, 6.07) is 34.8. The van der Waals surface area contributed by atoms with Gasteiger partial charge >= 0.3 is 0 Å². The zero-order valence-corrected chi connectivity index (χ0v) is 63.3. The molecule has 22 heteroatoms. The van der Waals surface area contributed by atoms with E-state index in [4.69, 9.17) is 9.97 Å². The van der Waals surface area contributed by atoms with E-state index in [1.54, 1.807) is 49.3 Å². The number of rotatable bonds is 14. The van der Waals surface area contributed by atoms with Crippen molar-refractivity contribution in [3.05, 3.63) is 236 Å². The van der Waals surface area contributed by atoms with Crippen molar-refractivity contribution in [3.63, 3.8) is 0 Å². The van der Waals surface area contributed by atoms with E-state index in [1.165, 1.54) is 96.6 Å². The summed E-state index contributed by atoms with van der Waals surface area (Å²) >= 11 is 0. The van der Waals surface area contributed by atoms with E-state index in [0.717, 1.165) is 161 Å². The lowest BCUT2D eigenvalue weighted by Crippen LogP contribution is -2.33. The molecule has 0 aromatic carbocycles. The molecular weight excluding hydrogens is 1370 g/mol. The fourth-order valence-corrected chi connectivity index (χ4v) is 19.5. The number of alkyl halides is 2. The molecule has 20 rings (SSSR count). The molecule has 0 saturated carbocycles. The van der Waals surface area contributed by atoms with Gasteiger partial charge in [0.15, 0.2) is 0 Å². The molecule has 8 aliphatic rings. The molecule has 8 unspecified atom stereocenters. The van der Waals surface area contributed by atoms with E-state index >= 15 is 0 Å². The Hall–Kier alpha value is -9.10. The van der Waals surface area contributed by atoms with Crippen LogP contribution in [0, 0.1) is 20.8 Å². The van der Waals surface area contributed by atoms with Gasteiger partial charge in [0.2, 0.25) is 0 Å². The Balaban J connectivity index is 0.000000106. The van der Waals surface area contributed by atoms with E-state index in [2.05, 4.69) is 106 Å². The standard InChI is InChI=1S/C23H28N4O.C22H25FN4O.C21H23FN4O.C21H24N4O/c1-15-6-8-17(13-24-15)23(3,28)14-27-19-10-12-26-11-4-5-18(26)21(19)22-20(27)9-7-16(2)25-22;1-22(28,15-4-2-9-24-13-15)14-27-18-8-11-26-10-3-5-17(26)20(18)21-19(27)7-6-16(12-23)25-21;22-12-15-3-4-18-21(24-15)20-16-2-1-10-25(16)11-7-17(20)26(18)13-19(27)14-5-8-23-9-6-14;1-14-7-8-18-21(23-14)20-16-6-4-11-24(16)12-9-17(20)25(18)13-19(26)15-5-2-3-10-22-15/h6-9,13,18,28H,4-5,10-12,14H2,1-3H3;2,4,6-7,9,13,17,28H,3,5,8,10-12,14H2,1H3;3-6,8-9,16,19,27H,1-2,7,10-13H2;2-3,5,7-8,10,16,19,26H,4,6,9,11-13H2,1H3. The highest BCUT2D eigenvalue weighted by Gasteiger charge is 2.42. The van der Waals surface area contributed by atoms with Gasteiger partial charge in [0, 0.05) is 186 Å². The number of hydrogen-bond donors (Lipinski definition) is 4. The number of halogens is 2. The summed E-state index contributed by atoms with van der Waals surface area (Å²) in [5, 5.41) is 44.2. The van der Waals surface area contributed by atoms with Crippen molar-refractivity contribution in [1.82, 2.24) is 77.7 Å². The molecule has 4 N–H and O–H groups in total. The zero-order chi connectivity index (χ0) is 74.8. The van der Waals surface area contributed by atoms with Crippen LogP contribution in [0.4, 0.5) is 8.78 Å². The van der Waals surface area contributed by atoms with Crippen LogP contribution >= 0.6 is 0 Å². The molecule has 20 heterocycles. The van der Waals surface area contributed by atoms with Crippen LogP contribution in [0.2, 0.25) is 0 Å². The molecule has 12 aromatic rings. The van der Waals surface area contributed by atoms with Crippen LogP contribution in [-0.4, -0.2) is 151 Å². The second kappa shape index (κ2) is 30.3. The van der Waals surface area contributed by atoms with E-state index < -0.39 is 36.8 Å². The molecule has 4 fully saturated rings. The van der Waals surface area contributed by atoms with Gasteiger partial charge < -0.3 is 38.7 Å². The Morgan fingerprint density at radius 3 is 1.26 bits per heavy atom. The van der Waals surface area contributed by atoms with Gasteiger partial charge in [-0.2, -0.15) is 0 Å². The quantitative estimate of drug-likeness (QED) is 0.0796. The molecule has 566 valence electrons. The molecule has 20 nitrogen and oxygen atoms in total. The lowest BCUT2D eigenvalue weighted by Gasteiger charge is -2.32. The van der Waals surface area contributed by atoms with Gasteiger partial charge in [-0.3, -0.25) is 49.5 Å². The lowest BCUT2D eigenvalue weighted by atomic mass is 9.96. The van der Waals surface area contributed by atoms with E-state index in [9.17, 15) is 29.2 Å². The fourth-order valence-electron chi connectivity index (χ4n) is 19.5. The summed E-state index contributed by atoms with van der Waals surface area (Å²) < 4.78 is 35.6. The number of aliphatic hydroxyl groups is 4. The maximum Gasteiger partial charge on any atom is 0.131 e. The summed E-state index contributed by atoms with van der Waals surface area (Å²) in [5.74, 6) is 0. The minimum Gasteiger partial charge on any atom is -0.387 e. The minimum atomic E-state index is -1.06. The van der Waals surface area contributed by atoms with Crippen LogP contribution in [0.3, 0.4) is 0 Å². The third-order valence-electron chi connectivity index (χ3n) is 24.8. The molecule has 0 bridgehead atoms. The average molecular weight is 1470 g/mol. The Morgan fingerprint density at radius 1 is 0.413 bits per heavy atom. The second-order valence-electron chi connectivity index (χ2n) is 31.9. The van der Waals surface area contributed by atoms with Gasteiger partial charge in [0.05, 0.1) is 93.5 Å². The summed E-state index contributed by atoms with van der Waals surface area (Å²) in [7, 11) is 0. The van der Waals surface area contributed by atoms with Gasteiger partial charge in [0.25, 0.3) is 0 Å². The first-order chi connectivity index (χ1) is 53.0. The van der Waals surface area contributed by atoms with Crippen molar-refractivity contribution in [2.75, 3.05) is 52.4 Å². The predicted octanol–water partition coefficient (Wildman–Crippen LogP) is 13.6. The summed E-state index contributed by atoms with van der Waals surface area (Å²) in [6.45, 7) is 19.5. The smallest absolute Gasteiger partial charge is 0.131 e. The van der Waals surface area contributed by atoms with Gasteiger partial charge in [-0.25, -0.2) is 18.7 Å². The van der Waals surface area contributed by atoms with Crippen LogP contribution < -0.4 is 0 Å². The van der Waals surface area contributed by atoms with Crippen molar-refractivity contribution in [1.29, 1.82) is 0 Å². The van der Waals surface area contributed by atoms with E-state index in [-0.39, 0.29) is 0 Å². The number of pyridine rings is 8. The first-order valence-corrected chi connectivity index (χ1v) is 39.5. The monoisotopic (exact) mass is 1470 g/mol. The second-order valence-corrected chi connectivity index (χ2v) is 31.9. The Bertz CT molecular complexity index is 5280. The largest absolute Gasteiger partial charge is 0.387 e. The van der Waals surface area contributed by atoms with Crippen molar-refractivity contribution in [2.45, 2.75) is 199 Å². The van der Waals surface area contributed by atoms with Gasteiger partial charge in [-0.05, 0) is 203 Å². The Kier molecular flexibility index (Phi) is 20.2. The molecular formula is C87H100F2N16O4. The van der Waals surface area contributed by atoms with Crippen molar-refractivity contribution >= 4 is 44.1 Å². The zero-order valence-electron chi connectivity index (χ0n) is 63.3. The van der Waals surface area contributed by atoms with Gasteiger partial charge in [-0.15, -0.1) is 0 Å². The van der Waals surface area contributed by atoms with Gasteiger partial charge in [0.1, 0.15) is 30.7 Å². The van der Waals surface area contributed by atoms with E-state index in [1.807, 2.05) is 87.5 Å². The summed E-state index contributed by atoms with van der Waals surface area (Å²) in [6.07, 6.45) is 22.6. The molecule has 8 aliphatic heterocycles. The van der Waals surface area contributed by atoms with Crippen LogP contribution in [0.5, 0.6) is 0 Å². The lowest BCUT2D eigenvalue weighted by molar-refractivity contribution is 0.0376. The molecule has 4 saturated heterocycles. The molecule has 0 aliphatic carbocycles. The number of aliphatic hydroxyl groups excluding tert-OH is 2. The summed E-state index contributed by atoms with van der Waals surface area (Å²) in [4.78, 5) is 46.4. The normalized spacial score (nSPS) is 21.1.